The maximum Gasteiger partial charge on any atom is 0.0922 e. The van der Waals surface area contributed by atoms with E-state index in [0.717, 1.165) is 19.4 Å². The van der Waals surface area contributed by atoms with Gasteiger partial charge in [0.2, 0.25) is 0 Å². The van der Waals surface area contributed by atoms with Gasteiger partial charge in [0, 0.05) is 30.5 Å². The Labute approximate surface area is 90.9 Å². The number of aromatic amines is 1. The zero-order chi connectivity index (χ0) is 10.7. The van der Waals surface area contributed by atoms with Gasteiger partial charge >= 0.3 is 0 Å². The molecular formula is C11H20N4. The number of imidazole rings is 1. The van der Waals surface area contributed by atoms with E-state index in [0.29, 0.717) is 12.1 Å². The van der Waals surface area contributed by atoms with E-state index in [1.807, 2.05) is 6.20 Å². The molecule has 1 fully saturated rings. The second kappa shape index (κ2) is 4.77. The molecule has 1 aliphatic carbocycles. The van der Waals surface area contributed by atoms with Crippen molar-refractivity contribution in [1.29, 1.82) is 0 Å². The second-order valence-electron chi connectivity index (χ2n) is 4.56. The molecule has 0 amide bonds. The van der Waals surface area contributed by atoms with E-state index in [-0.39, 0.29) is 0 Å². The largest absolute Gasteiger partial charge is 0.347 e. The molecular weight excluding hydrogens is 188 g/mol. The number of nitrogens with two attached hydrogens (primary N) is 1. The first-order chi connectivity index (χ1) is 7.25. The Hall–Kier alpha value is -0.870. The highest BCUT2D eigenvalue weighted by molar-refractivity contribution is 4.94. The molecule has 0 saturated heterocycles. The van der Waals surface area contributed by atoms with Crippen molar-refractivity contribution < 1.29 is 0 Å². The smallest absolute Gasteiger partial charge is 0.0922 e. The SMILES string of the molecule is CN(Cc1cnc[nH]1)C1CCC(N)CC1. The number of hydrogen-bond donors (Lipinski definition) is 2. The quantitative estimate of drug-likeness (QED) is 0.782. The Balaban J connectivity index is 1.83. The Kier molecular flexibility index (Phi) is 3.38. The van der Waals surface area contributed by atoms with Gasteiger partial charge in [-0.15, -0.1) is 0 Å². The zero-order valence-corrected chi connectivity index (χ0v) is 9.32. The van der Waals surface area contributed by atoms with E-state index in [1.165, 1.54) is 18.5 Å². The van der Waals surface area contributed by atoms with Crippen LogP contribution in [-0.4, -0.2) is 34.0 Å². The lowest BCUT2D eigenvalue weighted by Gasteiger charge is -2.33. The summed E-state index contributed by atoms with van der Waals surface area (Å²) < 4.78 is 0. The highest BCUT2D eigenvalue weighted by Gasteiger charge is 2.21. The van der Waals surface area contributed by atoms with Gasteiger partial charge in [-0.1, -0.05) is 0 Å². The minimum Gasteiger partial charge on any atom is -0.347 e. The van der Waals surface area contributed by atoms with E-state index >= 15 is 0 Å². The molecule has 0 unspecified atom stereocenters. The summed E-state index contributed by atoms with van der Waals surface area (Å²) in [6, 6.07) is 1.12. The van der Waals surface area contributed by atoms with Gasteiger partial charge in [0.05, 0.1) is 6.33 Å². The highest BCUT2D eigenvalue weighted by atomic mass is 15.1. The van der Waals surface area contributed by atoms with E-state index in [1.54, 1.807) is 6.33 Å². The van der Waals surface area contributed by atoms with Crippen molar-refractivity contribution in [2.24, 2.45) is 5.73 Å². The molecule has 84 valence electrons. The van der Waals surface area contributed by atoms with Crippen molar-refractivity contribution in [2.45, 2.75) is 44.3 Å². The first-order valence-electron chi connectivity index (χ1n) is 5.69. The Morgan fingerprint density at radius 3 is 2.80 bits per heavy atom. The summed E-state index contributed by atoms with van der Waals surface area (Å²) >= 11 is 0. The highest BCUT2D eigenvalue weighted by Crippen LogP contribution is 2.21. The lowest BCUT2D eigenvalue weighted by molar-refractivity contribution is 0.175. The van der Waals surface area contributed by atoms with Crippen LogP contribution in [0.1, 0.15) is 31.4 Å². The Bertz CT molecular complexity index is 275. The van der Waals surface area contributed by atoms with Crippen LogP contribution >= 0.6 is 0 Å². The number of rotatable bonds is 3. The maximum absolute atomic E-state index is 5.90. The predicted molar refractivity (Wildman–Crippen MR) is 60.3 cm³/mol. The molecule has 1 saturated carbocycles. The fraction of sp³-hybridized carbons (Fsp3) is 0.727. The molecule has 4 nitrogen and oxygen atoms in total. The molecule has 3 N–H and O–H groups in total. The van der Waals surface area contributed by atoms with Crippen LogP contribution in [0, 0.1) is 0 Å². The van der Waals surface area contributed by atoms with Crippen LogP contribution < -0.4 is 5.73 Å². The van der Waals surface area contributed by atoms with E-state index < -0.39 is 0 Å². The van der Waals surface area contributed by atoms with E-state index in [2.05, 4.69) is 21.9 Å². The molecule has 1 aliphatic rings. The van der Waals surface area contributed by atoms with Crippen molar-refractivity contribution in [3.8, 4) is 0 Å². The summed E-state index contributed by atoms with van der Waals surface area (Å²) in [6.45, 7) is 0.958. The lowest BCUT2D eigenvalue weighted by Crippen LogP contribution is -2.38. The van der Waals surface area contributed by atoms with Crippen molar-refractivity contribution in [2.75, 3.05) is 7.05 Å². The second-order valence-corrected chi connectivity index (χ2v) is 4.56. The number of hydrogen-bond acceptors (Lipinski definition) is 3. The summed E-state index contributed by atoms with van der Waals surface area (Å²) in [4.78, 5) is 9.57. The molecule has 0 radical (unpaired) electrons. The van der Waals surface area contributed by atoms with Crippen LogP contribution in [0.4, 0.5) is 0 Å². The lowest BCUT2D eigenvalue weighted by atomic mass is 9.91. The van der Waals surface area contributed by atoms with Gasteiger partial charge in [-0.3, -0.25) is 4.90 Å². The summed E-state index contributed by atoms with van der Waals surface area (Å²) in [7, 11) is 2.18. The number of nitrogens with one attached hydrogen (secondary N) is 1. The van der Waals surface area contributed by atoms with Gasteiger partial charge in [0.25, 0.3) is 0 Å². The molecule has 0 atom stereocenters. The molecule has 0 aliphatic heterocycles. The third kappa shape index (κ3) is 2.79. The monoisotopic (exact) mass is 208 g/mol. The van der Waals surface area contributed by atoms with Gasteiger partial charge in [0.1, 0.15) is 0 Å². The summed E-state index contributed by atoms with van der Waals surface area (Å²) in [5, 5.41) is 0. The fourth-order valence-corrected chi connectivity index (χ4v) is 2.31. The summed E-state index contributed by atoms with van der Waals surface area (Å²) in [6.07, 6.45) is 8.42. The van der Waals surface area contributed by atoms with Crippen LogP contribution in [0.15, 0.2) is 12.5 Å². The van der Waals surface area contributed by atoms with E-state index in [9.17, 15) is 0 Å². The summed E-state index contributed by atoms with van der Waals surface area (Å²) in [5.74, 6) is 0. The average molecular weight is 208 g/mol. The van der Waals surface area contributed by atoms with Crippen LogP contribution in [0.2, 0.25) is 0 Å². The molecule has 1 aromatic heterocycles. The minimum absolute atomic E-state index is 0.432. The first kappa shape index (κ1) is 10.6. The van der Waals surface area contributed by atoms with Gasteiger partial charge in [-0.2, -0.15) is 0 Å². The van der Waals surface area contributed by atoms with Crippen LogP contribution in [-0.2, 0) is 6.54 Å². The van der Waals surface area contributed by atoms with Gasteiger partial charge in [0.15, 0.2) is 0 Å². The van der Waals surface area contributed by atoms with Crippen molar-refractivity contribution in [3.63, 3.8) is 0 Å². The molecule has 4 heteroatoms. The summed E-state index contributed by atoms with van der Waals surface area (Å²) in [5.41, 5.74) is 7.09. The third-order valence-corrected chi connectivity index (χ3v) is 3.34. The fourth-order valence-electron chi connectivity index (χ4n) is 2.31. The van der Waals surface area contributed by atoms with Crippen molar-refractivity contribution >= 4 is 0 Å². The molecule has 0 spiro atoms. The average Bonchev–Trinajstić information content (AvgIpc) is 2.71. The number of aromatic nitrogens is 2. The van der Waals surface area contributed by atoms with Gasteiger partial charge < -0.3 is 10.7 Å². The topological polar surface area (TPSA) is 57.9 Å². The maximum atomic E-state index is 5.90. The van der Waals surface area contributed by atoms with Crippen LogP contribution in [0.3, 0.4) is 0 Å². The van der Waals surface area contributed by atoms with E-state index in [4.69, 9.17) is 5.73 Å². The van der Waals surface area contributed by atoms with Crippen LogP contribution in [0.25, 0.3) is 0 Å². The predicted octanol–water partition coefficient (Wildman–Crippen LogP) is 1.11. The number of H-pyrrole nitrogens is 1. The molecule has 2 rings (SSSR count). The number of nitrogens with zero attached hydrogens (tertiary/aromatic N) is 2. The third-order valence-electron chi connectivity index (χ3n) is 3.34. The first-order valence-corrected chi connectivity index (χ1v) is 5.69. The molecule has 1 heterocycles. The zero-order valence-electron chi connectivity index (χ0n) is 9.32. The Morgan fingerprint density at radius 1 is 1.47 bits per heavy atom. The molecule has 0 bridgehead atoms. The molecule has 15 heavy (non-hydrogen) atoms. The minimum atomic E-state index is 0.432. The van der Waals surface area contributed by atoms with Crippen molar-refractivity contribution in [1.82, 2.24) is 14.9 Å². The van der Waals surface area contributed by atoms with Crippen molar-refractivity contribution in [3.05, 3.63) is 18.2 Å². The molecule has 0 aromatic carbocycles. The van der Waals surface area contributed by atoms with Gasteiger partial charge in [-0.05, 0) is 32.7 Å². The normalized spacial score (nSPS) is 27.1. The standard InChI is InChI=1S/C11H20N4/c1-15(7-10-6-13-8-14-10)11-4-2-9(12)3-5-11/h6,8-9,11H,2-5,7,12H2,1H3,(H,13,14). The van der Waals surface area contributed by atoms with Gasteiger partial charge in [-0.25, -0.2) is 4.98 Å². The Morgan fingerprint density at radius 2 is 2.20 bits per heavy atom. The molecule has 1 aromatic rings. The van der Waals surface area contributed by atoms with Crippen LogP contribution in [0.5, 0.6) is 0 Å².